The highest BCUT2D eigenvalue weighted by Crippen LogP contribution is 2.33. The van der Waals surface area contributed by atoms with Crippen molar-refractivity contribution in [2.75, 3.05) is 40.0 Å². The molecule has 1 heterocycles. The van der Waals surface area contributed by atoms with Crippen LogP contribution in [-0.2, 0) is 0 Å². The lowest BCUT2D eigenvalue weighted by atomic mass is 10.1. The van der Waals surface area contributed by atoms with Crippen LogP contribution < -0.4 is 15.8 Å². The monoisotopic (exact) mass is 337 g/mol. The summed E-state index contributed by atoms with van der Waals surface area (Å²) in [6, 6.07) is 0.412. The second-order valence-electron chi connectivity index (χ2n) is 4.99. The zero-order valence-electron chi connectivity index (χ0n) is 12.8. The van der Waals surface area contributed by atoms with Crippen LogP contribution in [0, 0.1) is 10.1 Å². The Labute approximate surface area is 130 Å². The number of anilines is 1. The van der Waals surface area contributed by atoms with Gasteiger partial charge in [-0.25, -0.2) is 4.98 Å². The van der Waals surface area contributed by atoms with Crippen molar-refractivity contribution in [1.29, 1.82) is 0 Å². The van der Waals surface area contributed by atoms with Crippen LogP contribution in [0.5, 0.6) is 5.88 Å². The lowest BCUT2D eigenvalue weighted by molar-refractivity contribution is -0.386. The fourth-order valence-corrected chi connectivity index (χ4v) is 1.89. The summed E-state index contributed by atoms with van der Waals surface area (Å²) >= 11 is 0. The quantitative estimate of drug-likeness (QED) is 0.571. The van der Waals surface area contributed by atoms with E-state index in [-0.39, 0.29) is 17.1 Å². The summed E-state index contributed by atoms with van der Waals surface area (Å²) in [7, 11) is 4.97. The third-order valence-corrected chi connectivity index (χ3v) is 2.93. The first-order valence-corrected chi connectivity index (χ1v) is 6.52. The molecule has 0 aliphatic carbocycles. The standard InChI is InChI=1S/C12H18F3N5O3/c1-17-5-9(19(2)3)10-8(20(21)22)4-7(16)11(18-10)23-6-12(13,14)15/h4,9,17H,5-6,16H2,1-3H3. The highest BCUT2D eigenvalue weighted by molar-refractivity contribution is 5.57. The molecule has 0 spiro atoms. The first kappa shape index (κ1) is 18.9. The Morgan fingerprint density at radius 1 is 1.52 bits per heavy atom. The molecule has 0 aliphatic rings. The van der Waals surface area contributed by atoms with E-state index in [0.29, 0.717) is 6.54 Å². The minimum atomic E-state index is -4.57. The summed E-state index contributed by atoms with van der Waals surface area (Å²) in [6.07, 6.45) is -4.57. The Morgan fingerprint density at radius 2 is 2.13 bits per heavy atom. The van der Waals surface area contributed by atoms with Gasteiger partial charge in [-0.05, 0) is 21.1 Å². The Kier molecular flexibility index (Phi) is 6.10. The molecule has 1 rings (SSSR count). The molecule has 1 atom stereocenters. The Bertz CT molecular complexity index is 566. The van der Waals surface area contributed by atoms with Crippen LogP contribution in [0.2, 0.25) is 0 Å². The van der Waals surface area contributed by atoms with E-state index in [9.17, 15) is 23.3 Å². The number of rotatable bonds is 7. The van der Waals surface area contributed by atoms with Gasteiger partial charge in [0, 0.05) is 12.6 Å². The van der Waals surface area contributed by atoms with Crippen molar-refractivity contribution >= 4 is 11.4 Å². The minimum absolute atomic E-state index is 0.0271. The van der Waals surface area contributed by atoms with Crippen molar-refractivity contribution in [1.82, 2.24) is 15.2 Å². The van der Waals surface area contributed by atoms with Crippen LogP contribution in [0.1, 0.15) is 11.7 Å². The summed E-state index contributed by atoms with van der Waals surface area (Å²) < 4.78 is 41.4. The van der Waals surface area contributed by atoms with E-state index < -0.39 is 29.6 Å². The molecule has 3 N–H and O–H groups in total. The van der Waals surface area contributed by atoms with E-state index in [1.165, 1.54) is 0 Å². The van der Waals surface area contributed by atoms with Crippen LogP contribution in [0.15, 0.2) is 6.07 Å². The van der Waals surface area contributed by atoms with Crippen LogP contribution in [0.3, 0.4) is 0 Å². The van der Waals surface area contributed by atoms with Crippen molar-refractivity contribution < 1.29 is 22.8 Å². The lowest BCUT2D eigenvalue weighted by Gasteiger charge is -2.24. The van der Waals surface area contributed by atoms with E-state index in [0.717, 1.165) is 6.07 Å². The van der Waals surface area contributed by atoms with Crippen molar-refractivity contribution in [2.45, 2.75) is 12.2 Å². The number of nitrogens with one attached hydrogen (secondary N) is 1. The van der Waals surface area contributed by atoms with Crippen molar-refractivity contribution in [3.05, 3.63) is 21.9 Å². The maximum Gasteiger partial charge on any atom is 0.422 e. The van der Waals surface area contributed by atoms with Crippen LogP contribution >= 0.6 is 0 Å². The van der Waals surface area contributed by atoms with Gasteiger partial charge in [-0.1, -0.05) is 0 Å². The Morgan fingerprint density at radius 3 is 2.57 bits per heavy atom. The number of ether oxygens (including phenoxy) is 1. The van der Waals surface area contributed by atoms with Gasteiger partial charge >= 0.3 is 6.18 Å². The molecule has 1 aromatic rings. The molecule has 130 valence electrons. The fraction of sp³-hybridized carbons (Fsp3) is 0.583. The molecule has 1 unspecified atom stereocenters. The third kappa shape index (κ3) is 5.21. The maximum absolute atomic E-state index is 12.3. The molecule has 0 radical (unpaired) electrons. The molecule has 8 nitrogen and oxygen atoms in total. The van der Waals surface area contributed by atoms with Crippen LogP contribution in [-0.4, -0.2) is 55.3 Å². The maximum atomic E-state index is 12.3. The van der Waals surface area contributed by atoms with Crippen LogP contribution in [0.4, 0.5) is 24.5 Å². The van der Waals surface area contributed by atoms with Crippen molar-refractivity contribution in [3.63, 3.8) is 0 Å². The van der Waals surface area contributed by atoms with Gasteiger partial charge in [0.05, 0.1) is 11.0 Å². The number of halogens is 3. The molecular weight excluding hydrogens is 319 g/mol. The van der Waals surface area contributed by atoms with E-state index in [2.05, 4.69) is 15.0 Å². The summed E-state index contributed by atoms with van der Waals surface area (Å²) in [5, 5.41) is 14.0. The van der Waals surface area contributed by atoms with E-state index >= 15 is 0 Å². The van der Waals surface area contributed by atoms with Crippen molar-refractivity contribution in [3.8, 4) is 5.88 Å². The van der Waals surface area contributed by atoms with E-state index in [1.807, 2.05) is 0 Å². The van der Waals surface area contributed by atoms with Gasteiger partial charge in [0.25, 0.3) is 5.69 Å². The van der Waals surface area contributed by atoms with E-state index in [4.69, 9.17) is 5.73 Å². The molecule has 1 aromatic heterocycles. The predicted molar refractivity (Wildman–Crippen MR) is 77.2 cm³/mol. The minimum Gasteiger partial charge on any atom is -0.467 e. The van der Waals surface area contributed by atoms with Gasteiger partial charge in [-0.3, -0.25) is 15.0 Å². The molecule has 0 aromatic carbocycles. The fourth-order valence-electron chi connectivity index (χ4n) is 1.89. The highest BCUT2D eigenvalue weighted by Gasteiger charge is 2.31. The number of nitro groups is 1. The summed E-state index contributed by atoms with van der Waals surface area (Å²) in [4.78, 5) is 16.0. The van der Waals surface area contributed by atoms with Gasteiger partial charge in [0.2, 0.25) is 5.88 Å². The summed E-state index contributed by atoms with van der Waals surface area (Å²) in [6.45, 7) is -1.29. The molecular formula is C12H18F3N5O3. The molecule has 0 fully saturated rings. The molecule has 0 saturated heterocycles. The number of nitrogens with two attached hydrogens (primary N) is 1. The van der Waals surface area contributed by atoms with Gasteiger partial charge in [-0.15, -0.1) is 0 Å². The molecule has 0 saturated carbocycles. The SMILES string of the molecule is CNCC(c1nc(OCC(F)(F)F)c(N)cc1[N+](=O)[O-])N(C)C. The average Bonchev–Trinajstić information content (AvgIpc) is 2.42. The zero-order valence-corrected chi connectivity index (χ0v) is 12.8. The van der Waals surface area contributed by atoms with Gasteiger partial charge < -0.3 is 15.8 Å². The molecule has 0 aliphatic heterocycles. The topological polar surface area (TPSA) is 107 Å². The van der Waals surface area contributed by atoms with Gasteiger partial charge in [-0.2, -0.15) is 13.2 Å². The summed E-state index contributed by atoms with van der Waals surface area (Å²) in [5.74, 6) is -0.481. The zero-order chi connectivity index (χ0) is 17.8. The van der Waals surface area contributed by atoms with Gasteiger partial charge in [0.15, 0.2) is 6.61 Å². The second kappa shape index (κ2) is 7.42. The van der Waals surface area contributed by atoms with Crippen LogP contribution in [0.25, 0.3) is 0 Å². The number of hydrogen-bond acceptors (Lipinski definition) is 7. The first-order chi connectivity index (χ1) is 10.6. The average molecular weight is 337 g/mol. The highest BCUT2D eigenvalue weighted by atomic mass is 19.4. The molecule has 23 heavy (non-hydrogen) atoms. The lowest BCUT2D eigenvalue weighted by Crippen LogP contribution is -2.31. The number of nitrogens with zero attached hydrogens (tertiary/aromatic N) is 3. The van der Waals surface area contributed by atoms with Gasteiger partial charge in [0.1, 0.15) is 11.4 Å². The number of hydrogen-bond donors (Lipinski definition) is 2. The number of alkyl halides is 3. The van der Waals surface area contributed by atoms with Crippen molar-refractivity contribution in [2.24, 2.45) is 0 Å². The normalized spacial score (nSPS) is 13.2. The Balaban J connectivity index is 3.31. The Hall–Kier alpha value is -2.14. The third-order valence-electron chi connectivity index (χ3n) is 2.93. The summed E-state index contributed by atoms with van der Waals surface area (Å²) in [5.41, 5.74) is 4.79. The largest absolute Gasteiger partial charge is 0.467 e. The first-order valence-electron chi connectivity index (χ1n) is 6.52. The number of aromatic nitrogens is 1. The van der Waals surface area contributed by atoms with E-state index in [1.54, 1.807) is 26.0 Å². The molecule has 0 amide bonds. The predicted octanol–water partition coefficient (Wildman–Crippen LogP) is 1.34. The molecule has 0 bridgehead atoms. The number of likely N-dealkylation sites (N-methyl/N-ethyl adjacent to an activating group) is 2. The number of nitrogen functional groups attached to an aromatic ring is 1. The second-order valence-corrected chi connectivity index (χ2v) is 4.99. The molecule has 11 heteroatoms. The smallest absolute Gasteiger partial charge is 0.422 e. The number of pyridine rings is 1.